The van der Waals surface area contributed by atoms with Crippen LogP contribution < -0.4 is 10.9 Å². The van der Waals surface area contributed by atoms with Gasteiger partial charge in [0, 0.05) is 12.2 Å². The van der Waals surface area contributed by atoms with E-state index in [1.54, 1.807) is 0 Å². The predicted octanol–water partition coefficient (Wildman–Crippen LogP) is 0.309. The Hall–Kier alpha value is -1.67. The van der Waals surface area contributed by atoms with E-state index < -0.39 is 10.0 Å². The van der Waals surface area contributed by atoms with Gasteiger partial charge in [-0.25, -0.2) is 23.5 Å². The average molecular weight is 283 g/mol. The topological polar surface area (TPSA) is 117 Å². The first-order valence-electron chi connectivity index (χ1n) is 5.87. The van der Waals surface area contributed by atoms with Crippen molar-refractivity contribution >= 4 is 26.9 Å². The summed E-state index contributed by atoms with van der Waals surface area (Å²) in [6.45, 7) is 4.43. The van der Waals surface area contributed by atoms with Gasteiger partial charge >= 0.3 is 0 Å². The van der Waals surface area contributed by atoms with E-state index in [4.69, 9.17) is 10.9 Å². The van der Waals surface area contributed by atoms with Crippen molar-refractivity contribution in [2.75, 3.05) is 11.5 Å². The SMILES string of the molecule is Cc1c(C)n(CCCS(N)(=O)=O)c2ncnc(N)c12. The highest BCUT2D eigenvalue weighted by atomic mass is 32.2. The summed E-state index contributed by atoms with van der Waals surface area (Å²) < 4.78 is 23.9. The molecule has 2 aromatic rings. The summed E-state index contributed by atoms with van der Waals surface area (Å²) in [7, 11) is -3.43. The predicted molar refractivity (Wildman–Crippen MR) is 74.0 cm³/mol. The molecule has 2 rings (SSSR count). The third-order valence-electron chi connectivity index (χ3n) is 3.25. The molecule has 7 nitrogen and oxygen atoms in total. The Morgan fingerprint density at radius 3 is 2.63 bits per heavy atom. The van der Waals surface area contributed by atoms with E-state index in [0.29, 0.717) is 18.8 Å². The van der Waals surface area contributed by atoms with Gasteiger partial charge in [-0.3, -0.25) is 0 Å². The van der Waals surface area contributed by atoms with Crippen molar-refractivity contribution in [2.45, 2.75) is 26.8 Å². The Kier molecular flexibility index (Phi) is 3.46. The van der Waals surface area contributed by atoms with E-state index in [1.807, 2.05) is 18.4 Å². The number of aryl methyl sites for hydroxylation is 2. The van der Waals surface area contributed by atoms with Crippen LogP contribution in [0, 0.1) is 13.8 Å². The highest BCUT2D eigenvalue weighted by Gasteiger charge is 2.15. The Balaban J connectivity index is 2.38. The minimum absolute atomic E-state index is 0.0499. The van der Waals surface area contributed by atoms with Crippen LogP contribution in [0.25, 0.3) is 11.0 Å². The maximum absolute atomic E-state index is 11.0. The standard InChI is InChI=1S/C11H17N5O2S/c1-7-8(2)16(4-3-5-19(13,17)18)11-9(7)10(12)14-6-15-11/h6H,3-5H2,1-2H3,(H2,12,14,15)(H2,13,17,18). The van der Waals surface area contributed by atoms with Crippen molar-refractivity contribution < 1.29 is 8.42 Å². The lowest BCUT2D eigenvalue weighted by atomic mass is 10.2. The number of primary sulfonamides is 1. The Morgan fingerprint density at radius 2 is 2.00 bits per heavy atom. The van der Waals surface area contributed by atoms with E-state index >= 15 is 0 Å². The zero-order valence-electron chi connectivity index (χ0n) is 10.9. The summed E-state index contributed by atoms with van der Waals surface area (Å²) in [5.41, 5.74) is 8.62. The number of anilines is 1. The second-order valence-electron chi connectivity index (χ2n) is 4.54. The van der Waals surface area contributed by atoms with Crippen LogP contribution in [0.4, 0.5) is 5.82 Å². The third-order valence-corrected chi connectivity index (χ3v) is 4.10. The molecule has 2 heterocycles. The van der Waals surface area contributed by atoms with Crippen molar-refractivity contribution in [1.82, 2.24) is 14.5 Å². The highest BCUT2D eigenvalue weighted by Crippen LogP contribution is 2.26. The van der Waals surface area contributed by atoms with Gasteiger partial charge in [0.2, 0.25) is 10.0 Å². The van der Waals surface area contributed by atoms with Crippen molar-refractivity contribution in [3.63, 3.8) is 0 Å². The Labute approximate surface area is 111 Å². The fourth-order valence-corrected chi connectivity index (χ4v) is 2.72. The second kappa shape index (κ2) is 4.78. The maximum Gasteiger partial charge on any atom is 0.209 e. The first-order valence-corrected chi connectivity index (χ1v) is 7.59. The van der Waals surface area contributed by atoms with Crippen LogP contribution >= 0.6 is 0 Å². The van der Waals surface area contributed by atoms with Gasteiger partial charge in [-0.15, -0.1) is 0 Å². The molecule has 0 saturated carbocycles. The van der Waals surface area contributed by atoms with E-state index in [9.17, 15) is 8.42 Å². The molecule has 0 radical (unpaired) electrons. The largest absolute Gasteiger partial charge is 0.383 e. The first-order chi connectivity index (χ1) is 8.81. The van der Waals surface area contributed by atoms with Crippen LogP contribution in [0.1, 0.15) is 17.7 Å². The third kappa shape index (κ3) is 2.69. The number of sulfonamides is 1. The molecule has 19 heavy (non-hydrogen) atoms. The molecule has 0 unspecified atom stereocenters. The molecule has 0 saturated heterocycles. The minimum Gasteiger partial charge on any atom is -0.383 e. The number of nitrogen functional groups attached to an aromatic ring is 1. The van der Waals surface area contributed by atoms with Gasteiger partial charge in [0.1, 0.15) is 17.8 Å². The van der Waals surface area contributed by atoms with Gasteiger partial charge in [0.05, 0.1) is 11.1 Å². The van der Waals surface area contributed by atoms with E-state index in [2.05, 4.69) is 9.97 Å². The van der Waals surface area contributed by atoms with E-state index in [-0.39, 0.29) is 5.75 Å². The quantitative estimate of drug-likeness (QED) is 0.837. The summed E-state index contributed by atoms with van der Waals surface area (Å²) in [6, 6.07) is 0. The van der Waals surface area contributed by atoms with Crippen LogP contribution in [-0.4, -0.2) is 28.7 Å². The minimum atomic E-state index is -3.43. The van der Waals surface area contributed by atoms with Crippen molar-refractivity contribution in [3.8, 4) is 0 Å². The molecular formula is C11H17N5O2S. The lowest BCUT2D eigenvalue weighted by Gasteiger charge is -2.07. The molecule has 0 fully saturated rings. The molecule has 0 atom stereocenters. The second-order valence-corrected chi connectivity index (χ2v) is 6.27. The van der Waals surface area contributed by atoms with Gasteiger partial charge in [-0.1, -0.05) is 0 Å². The summed E-state index contributed by atoms with van der Waals surface area (Å²) in [4.78, 5) is 8.21. The van der Waals surface area contributed by atoms with Crippen molar-refractivity contribution in [3.05, 3.63) is 17.6 Å². The Morgan fingerprint density at radius 1 is 1.32 bits per heavy atom. The number of hydrogen-bond donors (Lipinski definition) is 2. The lowest BCUT2D eigenvalue weighted by molar-refractivity contribution is 0.588. The number of aromatic nitrogens is 3. The summed E-state index contributed by atoms with van der Waals surface area (Å²) in [5.74, 6) is 0.391. The molecule has 0 spiro atoms. The van der Waals surface area contributed by atoms with Gasteiger partial charge in [-0.2, -0.15) is 0 Å². The van der Waals surface area contributed by atoms with Crippen LogP contribution in [0.5, 0.6) is 0 Å². The van der Waals surface area contributed by atoms with Gasteiger partial charge in [-0.05, 0) is 25.8 Å². The molecule has 8 heteroatoms. The first kappa shape index (κ1) is 13.8. The number of hydrogen-bond acceptors (Lipinski definition) is 5. The molecule has 0 amide bonds. The van der Waals surface area contributed by atoms with E-state index in [1.165, 1.54) is 6.33 Å². The maximum atomic E-state index is 11.0. The van der Waals surface area contributed by atoms with Crippen molar-refractivity contribution in [2.24, 2.45) is 5.14 Å². The molecule has 104 valence electrons. The number of nitrogens with zero attached hydrogens (tertiary/aromatic N) is 3. The fraction of sp³-hybridized carbons (Fsp3) is 0.455. The number of fused-ring (bicyclic) bond motifs is 1. The zero-order valence-corrected chi connectivity index (χ0v) is 11.7. The summed E-state index contributed by atoms with van der Waals surface area (Å²) in [6.07, 6.45) is 1.85. The normalized spacial score (nSPS) is 12.2. The van der Waals surface area contributed by atoms with Crippen LogP contribution in [0.2, 0.25) is 0 Å². The van der Waals surface area contributed by atoms with Crippen LogP contribution in [-0.2, 0) is 16.6 Å². The highest BCUT2D eigenvalue weighted by molar-refractivity contribution is 7.89. The number of rotatable bonds is 4. The van der Waals surface area contributed by atoms with E-state index in [0.717, 1.165) is 22.3 Å². The summed E-state index contributed by atoms with van der Waals surface area (Å²) in [5, 5.41) is 5.83. The zero-order chi connectivity index (χ0) is 14.2. The fourth-order valence-electron chi connectivity index (χ4n) is 2.19. The molecule has 0 aliphatic rings. The smallest absolute Gasteiger partial charge is 0.209 e. The van der Waals surface area contributed by atoms with Crippen LogP contribution in [0.15, 0.2) is 6.33 Å². The molecular weight excluding hydrogens is 266 g/mol. The van der Waals surface area contributed by atoms with Crippen molar-refractivity contribution in [1.29, 1.82) is 0 Å². The van der Waals surface area contributed by atoms with Crippen LogP contribution in [0.3, 0.4) is 0 Å². The average Bonchev–Trinajstić information content (AvgIpc) is 2.54. The molecule has 2 aromatic heterocycles. The van der Waals surface area contributed by atoms with Gasteiger partial charge in [0.15, 0.2) is 0 Å². The molecule has 0 aliphatic carbocycles. The monoisotopic (exact) mass is 283 g/mol. The van der Waals surface area contributed by atoms with Gasteiger partial charge < -0.3 is 10.3 Å². The molecule has 0 aliphatic heterocycles. The number of nitrogens with two attached hydrogens (primary N) is 2. The summed E-state index contributed by atoms with van der Waals surface area (Å²) >= 11 is 0. The Bertz CT molecular complexity index is 720. The lowest BCUT2D eigenvalue weighted by Crippen LogP contribution is -2.18. The molecule has 0 aromatic carbocycles. The molecule has 4 N–H and O–H groups in total. The van der Waals surface area contributed by atoms with Gasteiger partial charge in [0.25, 0.3) is 0 Å². The molecule has 0 bridgehead atoms.